The van der Waals surface area contributed by atoms with Crippen LogP contribution in [0.2, 0.25) is 0 Å². The van der Waals surface area contributed by atoms with Crippen molar-refractivity contribution < 1.29 is 14.2 Å². The van der Waals surface area contributed by atoms with Crippen LogP contribution >= 0.6 is 0 Å². The van der Waals surface area contributed by atoms with E-state index >= 15 is 0 Å². The second-order valence-electron chi connectivity index (χ2n) is 6.81. The van der Waals surface area contributed by atoms with E-state index in [1.165, 1.54) is 5.56 Å². The van der Waals surface area contributed by atoms with Gasteiger partial charge < -0.3 is 14.2 Å². The number of H-pyrrole nitrogens is 1. The molecule has 1 N–H and O–H groups in total. The topological polar surface area (TPSA) is 72.5 Å². The normalized spacial score (nSPS) is 20.8. The summed E-state index contributed by atoms with van der Waals surface area (Å²) in [6.07, 6.45) is -0.0639. The van der Waals surface area contributed by atoms with Gasteiger partial charge in [0.05, 0.1) is 6.61 Å². The molecule has 0 aliphatic carbocycles. The third kappa shape index (κ3) is 3.62. The number of morpholine rings is 1. The summed E-state index contributed by atoms with van der Waals surface area (Å²) in [5.41, 5.74) is 1.21. The van der Waals surface area contributed by atoms with E-state index < -0.39 is 0 Å². The van der Waals surface area contributed by atoms with Gasteiger partial charge in [0.1, 0.15) is 19.3 Å². The molecule has 3 heterocycles. The highest BCUT2D eigenvalue weighted by Crippen LogP contribution is 2.31. The minimum absolute atomic E-state index is 0.0639. The quantitative estimate of drug-likeness (QED) is 0.917. The second-order valence-corrected chi connectivity index (χ2v) is 6.81. The molecule has 2 aromatic rings. The molecule has 25 heavy (non-hydrogen) atoms. The Hall–Kier alpha value is -2.12. The fraction of sp³-hybridized carbons (Fsp3) is 0.556. The fourth-order valence-electron chi connectivity index (χ4n) is 3.15. The SMILES string of the molecule is CC(C)c1n[nH]c([C@H]2CN(Cc3ccc4c(c3)OCCO4)CCO2)n1. The molecule has 0 spiro atoms. The average Bonchev–Trinajstić information content (AvgIpc) is 3.12. The molecule has 1 aromatic carbocycles. The number of benzene rings is 1. The number of hydrogen-bond acceptors (Lipinski definition) is 6. The summed E-state index contributed by atoms with van der Waals surface area (Å²) in [7, 11) is 0. The van der Waals surface area contributed by atoms with E-state index in [1.807, 2.05) is 6.07 Å². The van der Waals surface area contributed by atoms with Crippen molar-refractivity contribution in [3.63, 3.8) is 0 Å². The van der Waals surface area contributed by atoms with Crippen LogP contribution in [0, 0.1) is 0 Å². The summed E-state index contributed by atoms with van der Waals surface area (Å²) in [5, 5.41) is 7.32. The van der Waals surface area contributed by atoms with E-state index in [-0.39, 0.29) is 6.10 Å². The van der Waals surface area contributed by atoms with E-state index in [0.29, 0.717) is 25.7 Å². The van der Waals surface area contributed by atoms with Crippen molar-refractivity contribution >= 4 is 0 Å². The van der Waals surface area contributed by atoms with Crippen molar-refractivity contribution in [2.24, 2.45) is 0 Å². The van der Waals surface area contributed by atoms with Gasteiger partial charge in [-0.15, -0.1) is 0 Å². The second kappa shape index (κ2) is 7.01. The Balaban J connectivity index is 1.42. The third-order valence-electron chi connectivity index (χ3n) is 4.50. The lowest BCUT2D eigenvalue weighted by Gasteiger charge is -2.32. The molecule has 1 fully saturated rings. The third-order valence-corrected chi connectivity index (χ3v) is 4.50. The minimum Gasteiger partial charge on any atom is -0.486 e. The number of ether oxygens (including phenoxy) is 3. The van der Waals surface area contributed by atoms with E-state index in [0.717, 1.165) is 42.8 Å². The Bertz CT molecular complexity index is 731. The Morgan fingerprint density at radius 3 is 2.84 bits per heavy atom. The Morgan fingerprint density at radius 2 is 2.04 bits per heavy atom. The number of aromatic amines is 1. The van der Waals surface area contributed by atoms with Gasteiger partial charge in [0.25, 0.3) is 0 Å². The molecule has 1 saturated heterocycles. The molecule has 7 heteroatoms. The van der Waals surface area contributed by atoms with Gasteiger partial charge in [-0.2, -0.15) is 5.10 Å². The van der Waals surface area contributed by atoms with Gasteiger partial charge in [-0.25, -0.2) is 4.98 Å². The van der Waals surface area contributed by atoms with Crippen molar-refractivity contribution in [1.82, 2.24) is 20.1 Å². The van der Waals surface area contributed by atoms with E-state index in [9.17, 15) is 0 Å². The van der Waals surface area contributed by atoms with E-state index in [4.69, 9.17) is 14.2 Å². The summed E-state index contributed by atoms with van der Waals surface area (Å²) in [6, 6.07) is 6.17. The molecule has 134 valence electrons. The Labute approximate surface area is 147 Å². The van der Waals surface area contributed by atoms with Crippen LogP contribution in [0.4, 0.5) is 0 Å². The maximum Gasteiger partial charge on any atom is 0.161 e. The average molecular weight is 344 g/mol. The highest BCUT2D eigenvalue weighted by atomic mass is 16.6. The maximum absolute atomic E-state index is 5.90. The van der Waals surface area contributed by atoms with Gasteiger partial charge in [-0.1, -0.05) is 19.9 Å². The van der Waals surface area contributed by atoms with Crippen LogP contribution in [-0.2, 0) is 11.3 Å². The Kier molecular flexibility index (Phi) is 4.59. The first-order chi connectivity index (χ1) is 12.2. The molecular weight excluding hydrogens is 320 g/mol. The number of nitrogens with one attached hydrogen (secondary N) is 1. The predicted molar refractivity (Wildman–Crippen MR) is 91.9 cm³/mol. The number of nitrogens with zero attached hydrogens (tertiary/aromatic N) is 3. The van der Waals surface area contributed by atoms with E-state index in [1.54, 1.807) is 0 Å². The molecule has 7 nitrogen and oxygen atoms in total. The van der Waals surface area contributed by atoms with Crippen molar-refractivity contribution in [3.05, 3.63) is 35.4 Å². The highest BCUT2D eigenvalue weighted by molar-refractivity contribution is 5.43. The lowest BCUT2D eigenvalue weighted by Crippen LogP contribution is -2.38. The molecule has 4 rings (SSSR count). The fourth-order valence-corrected chi connectivity index (χ4v) is 3.15. The number of rotatable bonds is 4. The monoisotopic (exact) mass is 344 g/mol. The van der Waals surface area contributed by atoms with Crippen LogP contribution in [0.15, 0.2) is 18.2 Å². The molecular formula is C18H24N4O3. The van der Waals surface area contributed by atoms with Gasteiger partial charge >= 0.3 is 0 Å². The molecule has 0 bridgehead atoms. The van der Waals surface area contributed by atoms with Crippen LogP contribution < -0.4 is 9.47 Å². The molecule has 0 radical (unpaired) electrons. The van der Waals surface area contributed by atoms with Gasteiger partial charge in [0.15, 0.2) is 23.1 Å². The number of hydrogen-bond donors (Lipinski definition) is 1. The van der Waals surface area contributed by atoms with Gasteiger partial charge in [0.2, 0.25) is 0 Å². The van der Waals surface area contributed by atoms with Gasteiger partial charge in [-0.05, 0) is 17.7 Å². The zero-order valence-electron chi connectivity index (χ0n) is 14.7. The van der Waals surface area contributed by atoms with Crippen LogP contribution in [0.5, 0.6) is 11.5 Å². The molecule has 0 saturated carbocycles. The largest absolute Gasteiger partial charge is 0.486 e. The molecule has 1 atom stereocenters. The Morgan fingerprint density at radius 1 is 1.20 bits per heavy atom. The zero-order valence-corrected chi connectivity index (χ0v) is 14.7. The zero-order chi connectivity index (χ0) is 17.2. The first-order valence-corrected chi connectivity index (χ1v) is 8.83. The van der Waals surface area contributed by atoms with Gasteiger partial charge in [0, 0.05) is 25.6 Å². The first-order valence-electron chi connectivity index (χ1n) is 8.83. The highest BCUT2D eigenvalue weighted by Gasteiger charge is 2.25. The minimum atomic E-state index is -0.0639. The van der Waals surface area contributed by atoms with Crippen LogP contribution in [-0.4, -0.2) is 53.0 Å². The van der Waals surface area contributed by atoms with Gasteiger partial charge in [-0.3, -0.25) is 10.00 Å². The van der Waals surface area contributed by atoms with Crippen molar-refractivity contribution in [1.29, 1.82) is 0 Å². The molecule has 2 aliphatic heterocycles. The standard InChI is InChI=1S/C18H24N4O3/c1-12(2)17-19-18(21-20-17)16-11-22(5-6-23-16)10-13-3-4-14-15(9-13)25-8-7-24-14/h3-4,9,12,16H,5-8,10-11H2,1-2H3,(H,19,20,21)/t16-/m1/s1. The molecule has 2 aliphatic rings. The smallest absolute Gasteiger partial charge is 0.161 e. The lowest BCUT2D eigenvalue weighted by molar-refractivity contribution is -0.0371. The summed E-state index contributed by atoms with van der Waals surface area (Å²) < 4.78 is 17.2. The van der Waals surface area contributed by atoms with E-state index in [2.05, 4.69) is 46.1 Å². The van der Waals surface area contributed by atoms with Crippen molar-refractivity contribution in [2.45, 2.75) is 32.4 Å². The molecule has 0 unspecified atom stereocenters. The molecule has 0 amide bonds. The lowest BCUT2D eigenvalue weighted by atomic mass is 10.1. The van der Waals surface area contributed by atoms with Crippen molar-refractivity contribution in [3.8, 4) is 11.5 Å². The summed E-state index contributed by atoms with van der Waals surface area (Å²) in [6.45, 7) is 8.63. The maximum atomic E-state index is 5.90. The van der Waals surface area contributed by atoms with Crippen molar-refractivity contribution in [2.75, 3.05) is 32.9 Å². The summed E-state index contributed by atoms with van der Waals surface area (Å²) in [4.78, 5) is 6.95. The number of aromatic nitrogens is 3. The molecule has 1 aromatic heterocycles. The van der Waals surface area contributed by atoms with Crippen LogP contribution in [0.25, 0.3) is 0 Å². The summed E-state index contributed by atoms with van der Waals surface area (Å²) >= 11 is 0. The first kappa shape index (κ1) is 16.4. The van der Waals surface area contributed by atoms with Crippen LogP contribution in [0.3, 0.4) is 0 Å². The number of fused-ring (bicyclic) bond motifs is 1. The predicted octanol–water partition coefficient (Wildman–Crippen LogP) is 2.27. The van der Waals surface area contributed by atoms with Crippen LogP contribution in [0.1, 0.15) is 43.1 Å². The summed E-state index contributed by atoms with van der Waals surface area (Å²) in [5.74, 6) is 3.63.